The molecule has 88 valence electrons. The fraction of sp³-hybridized carbons (Fsp3) is 0.545. The van der Waals surface area contributed by atoms with Gasteiger partial charge in [-0.25, -0.2) is 0 Å². The van der Waals surface area contributed by atoms with Crippen molar-refractivity contribution in [3.8, 4) is 0 Å². The van der Waals surface area contributed by atoms with Crippen LogP contribution >= 0.6 is 11.3 Å². The molecule has 1 aliphatic rings. The summed E-state index contributed by atoms with van der Waals surface area (Å²) < 4.78 is 5.28. The van der Waals surface area contributed by atoms with Crippen molar-refractivity contribution in [2.45, 2.75) is 18.9 Å². The Labute approximate surface area is 99.0 Å². The molecule has 0 saturated carbocycles. The number of hydrogen-bond acceptors (Lipinski definition) is 4. The van der Waals surface area contributed by atoms with Gasteiger partial charge < -0.3 is 15.4 Å². The molecule has 1 aliphatic heterocycles. The highest BCUT2D eigenvalue weighted by atomic mass is 32.1. The minimum absolute atomic E-state index is 0.0272. The van der Waals surface area contributed by atoms with E-state index in [1.807, 2.05) is 12.4 Å². The van der Waals surface area contributed by atoms with Gasteiger partial charge in [0.15, 0.2) is 0 Å². The van der Waals surface area contributed by atoms with Crippen LogP contribution in [0.4, 0.5) is 5.69 Å². The summed E-state index contributed by atoms with van der Waals surface area (Å²) >= 11 is 1.40. The molecule has 0 spiro atoms. The number of ether oxygens (including phenoxy) is 1. The van der Waals surface area contributed by atoms with Crippen molar-refractivity contribution >= 4 is 22.9 Å². The van der Waals surface area contributed by atoms with E-state index in [0.29, 0.717) is 10.6 Å². The summed E-state index contributed by atoms with van der Waals surface area (Å²) in [5.74, 6) is 0.0272. The van der Waals surface area contributed by atoms with E-state index in [2.05, 4.69) is 0 Å². The average Bonchev–Trinajstić information content (AvgIpc) is 2.75. The predicted octanol–water partition coefficient (Wildman–Crippen LogP) is 1.58. The zero-order valence-corrected chi connectivity index (χ0v) is 10.1. The van der Waals surface area contributed by atoms with Crippen molar-refractivity contribution in [3.63, 3.8) is 0 Å². The Kier molecular flexibility index (Phi) is 3.46. The molecule has 0 radical (unpaired) electrons. The number of nitrogen functional groups attached to an aromatic ring is 1. The monoisotopic (exact) mass is 240 g/mol. The van der Waals surface area contributed by atoms with E-state index < -0.39 is 0 Å². The molecule has 1 amide bonds. The summed E-state index contributed by atoms with van der Waals surface area (Å²) in [5, 5.41) is 1.85. The first-order chi connectivity index (χ1) is 7.70. The first kappa shape index (κ1) is 11.4. The molecule has 0 aliphatic carbocycles. The van der Waals surface area contributed by atoms with Crippen LogP contribution in [0, 0.1) is 0 Å². The van der Waals surface area contributed by atoms with E-state index >= 15 is 0 Å². The van der Waals surface area contributed by atoms with E-state index in [4.69, 9.17) is 10.5 Å². The molecule has 0 bridgehead atoms. The Balaban J connectivity index is 2.06. The lowest BCUT2D eigenvalue weighted by Crippen LogP contribution is -2.40. The lowest BCUT2D eigenvalue weighted by Gasteiger charge is -2.31. The van der Waals surface area contributed by atoms with E-state index in [1.54, 1.807) is 11.0 Å². The van der Waals surface area contributed by atoms with Gasteiger partial charge in [0.1, 0.15) is 4.88 Å². The second-order valence-electron chi connectivity index (χ2n) is 3.96. The summed E-state index contributed by atoms with van der Waals surface area (Å²) in [6, 6.07) is 2.05. The molecule has 1 aromatic rings. The number of rotatable bonds is 2. The minimum atomic E-state index is 0.0272. The molecule has 5 heteroatoms. The Morgan fingerprint density at radius 1 is 1.56 bits per heavy atom. The quantitative estimate of drug-likeness (QED) is 0.854. The highest BCUT2D eigenvalue weighted by Gasteiger charge is 2.24. The van der Waals surface area contributed by atoms with Crippen molar-refractivity contribution < 1.29 is 9.53 Å². The fourth-order valence-electron chi connectivity index (χ4n) is 1.89. The maximum atomic E-state index is 12.1. The Hall–Kier alpha value is -1.07. The van der Waals surface area contributed by atoms with Gasteiger partial charge in [0.2, 0.25) is 0 Å². The Bertz CT molecular complexity index is 372. The number of amides is 1. The third kappa shape index (κ3) is 2.20. The smallest absolute Gasteiger partial charge is 0.266 e. The topological polar surface area (TPSA) is 55.6 Å². The maximum absolute atomic E-state index is 12.1. The van der Waals surface area contributed by atoms with Crippen molar-refractivity contribution in [1.82, 2.24) is 4.90 Å². The molecule has 0 unspecified atom stereocenters. The zero-order valence-electron chi connectivity index (χ0n) is 9.31. The van der Waals surface area contributed by atoms with Gasteiger partial charge in [0.05, 0.1) is 5.69 Å². The number of nitrogens with zero attached hydrogens (tertiary/aromatic N) is 1. The van der Waals surface area contributed by atoms with Crippen LogP contribution in [0.15, 0.2) is 11.4 Å². The standard InChI is InChI=1S/C11H16N2O2S/c1-13(8-2-5-15-6-3-8)11(14)10-9(12)4-7-16-10/h4,7-8H,2-3,5-6,12H2,1H3. The molecule has 0 aromatic carbocycles. The van der Waals surface area contributed by atoms with Crippen LogP contribution in [0.3, 0.4) is 0 Å². The maximum Gasteiger partial charge on any atom is 0.266 e. The van der Waals surface area contributed by atoms with E-state index in [0.717, 1.165) is 26.1 Å². The summed E-state index contributed by atoms with van der Waals surface area (Å²) in [7, 11) is 1.84. The summed E-state index contributed by atoms with van der Waals surface area (Å²) in [4.78, 5) is 14.6. The van der Waals surface area contributed by atoms with Crippen molar-refractivity contribution in [1.29, 1.82) is 0 Å². The van der Waals surface area contributed by atoms with E-state index in [-0.39, 0.29) is 11.9 Å². The molecular weight excluding hydrogens is 224 g/mol. The van der Waals surface area contributed by atoms with Gasteiger partial charge in [-0.05, 0) is 24.3 Å². The molecule has 1 fully saturated rings. The number of nitrogens with two attached hydrogens (primary N) is 1. The summed E-state index contributed by atoms with van der Waals surface area (Å²) in [5.41, 5.74) is 6.32. The highest BCUT2D eigenvalue weighted by Crippen LogP contribution is 2.23. The first-order valence-corrected chi connectivity index (χ1v) is 6.26. The van der Waals surface area contributed by atoms with Gasteiger partial charge in [0, 0.05) is 26.3 Å². The highest BCUT2D eigenvalue weighted by molar-refractivity contribution is 7.12. The van der Waals surface area contributed by atoms with Gasteiger partial charge in [0.25, 0.3) is 5.91 Å². The van der Waals surface area contributed by atoms with E-state index in [1.165, 1.54) is 11.3 Å². The second kappa shape index (κ2) is 4.84. The third-order valence-corrected chi connectivity index (χ3v) is 3.87. The van der Waals surface area contributed by atoms with Gasteiger partial charge in [-0.1, -0.05) is 0 Å². The Morgan fingerprint density at radius 2 is 2.25 bits per heavy atom. The van der Waals surface area contributed by atoms with Crippen LogP contribution in [0.2, 0.25) is 0 Å². The van der Waals surface area contributed by atoms with Crippen LogP contribution in [0.25, 0.3) is 0 Å². The minimum Gasteiger partial charge on any atom is -0.397 e. The third-order valence-electron chi connectivity index (χ3n) is 2.95. The van der Waals surface area contributed by atoms with Crippen molar-refractivity contribution in [3.05, 3.63) is 16.3 Å². The average molecular weight is 240 g/mol. The molecule has 1 saturated heterocycles. The number of hydrogen-bond donors (Lipinski definition) is 1. The van der Waals surface area contributed by atoms with Gasteiger partial charge in [-0.2, -0.15) is 0 Å². The fourth-order valence-corrected chi connectivity index (χ4v) is 2.69. The molecule has 2 N–H and O–H groups in total. The number of thiophene rings is 1. The predicted molar refractivity (Wildman–Crippen MR) is 64.7 cm³/mol. The number of anilines is 1. The van der Waals surface area contributed by atoms with Crippen LogP contribution in [-0.4, -0.2) is 37.1 Å². The van der Waals surface area contributed by atoms with Crippen molar-refractivity contribution in [2.24, 2.45) is 0 Å². The second-order valence-corrected chi connectivity index (χ2v) is 4.88. The first-order valence-electron chi connectivity index (χ1n) is 5.38. The normalized spacial score (nSPS) is 17.3. The van der Waals surface area contributed by atoms with Crippen LogP contribution in [0.1, 0.15) is 22.5 Å². The summed E-state index contributed by atoms with van der Waals surface area (Å²) in [6.45, 7) is 1.48. The van der Waals surface area contributed by atoms with Gasteiger partial charge >= 0.3 is 0 Å². The molecule has 4 nitrogen and oxygen atoms in total. The van der Waals surface area contributed by atoms with Crippen LogP contribution in [-0.2, 0) is 4.74 Å². The molecule has 16 heavy (non-hydrogen) atoms. The van der Waals surface area contributed by atoms with Crippen LogP contribution < -0.4 is 5.73 Å². The Morgan fingerprint density at radius 3 is 2.81 bits per heavy atom. The molecule has 0 atom stereocenters. The zero-order chi connectivity index (χ0) is 11.5. The largest absolute Gasteiger partial charge is 0.397 e. The summed E-state index contributed by atoms with van der Waals surface area (Å²) in [6.07, 6.45) is 1.82. The van der Waals surface area contributed by atoms with E-state index in [9.17, 15) is 4.79 Å². The van der Waals surface area contributed by atoms with Gasteiger partial charge in [-0.15, -0.1) is 11.3 Å². The molecule has 1 aromatic heterocycles. The number of carbonyl (C=O) groups is 1. The van der Waals surface area contributed by atoms with Crippen LogP contribution in [0.5, 0.6) is 0 Å². The molecule has 2 heterocycles. The number of carbonyl (C=O) groups excluding carboxylic acids is 1. The molecular formula is C11H16N2O2S. The van der Waals surface area contributed by atoms with Gasteiger partial charge in [-0.3, -0.25) is 4.79 Å². The van der Waals surface area contributed by atoms with Crippen molar-refractivity contribution in [2.75, 3.05) is 26.0 Å². The molecule has 2 rings (SSSR count). The lowest BCUT2D eigenvalue weighted by molar-refractivity contribution is 0.0365. The SMILES string of the molecule is CN(C(=O)c1sccc1N)C1CCOCC1. The lowest BCUT2D eigenvalue weighted by atomic mass is 10.1.